The molecule has 1 unspecified atom stereocenters. The van der Waals surface area contributed by atoms with Crippen LogP contribution in [0.25, 0.3) is 0 Å². The van der Waals surface area contributed by atoms with E-state index >= 15 is 0 Å². The number of carbonyl (C=O) groups is 1. The van der Waals surface area contributed by atoms with E-state index in [0.717, 1.165) is 5.56 Å². The van der Waals surface area contributed by atoms with Crippen LogP contribution in [0.2, 0.25) is 5.02 Å². The van der Waals surface area contributed by atoms with Crippen LogP contribution in [0, 0.1) is 0 Å². The number of rotatable bonds is 4. The van der Waals surface area contributed by atoms with Crippen molar-refractivity contribution < 1.29 is 4.79 Å². The Morgan fingerprint density at radius 3 is 2.50 bits per heavy atom. The van der Waals surface area contributed by atoms with E-state index in [4.69, 9.17) is 17.3 Å². The predicted molar refractivity (Wildman–Crippen MR) is 58.4 cm³/mol. The molecular formula is C11H14ClNO. The first-order valence-electron chi connectivity index (χ1n) is 4.59. The number of benzene rings is 1. The Morgan fingerprint density at radius 2 is 2.00 bits per heavy atom. The van der Waals surface area contributed by atoms with E-state index < -0.39 is 0 Å². The van der Waals surface area contributed by atoms with Crippen LogP contribution in [-0.2, 0) is 11.2 Å². The quantitative estimate of drug-likeness (QED) is 0.830. The Kier molecular flexibility index (Phi) is 4.11. The third-order valence-corrected chi connectivity index (χ3v) is 2.12. The molecule has 0 heterocycles. The van der Waals surface area contributed by atoms with E-state index in [-0.39, 0.29) is 11.8 Å². The highest BCUT2D eigenvalue weighted by molar-refractivity contribution is 6.30. The lowest BCUT2D eigenvalue weighted by Crippen LogP contribution is -2.20. The summed E-state index contributed by atoms with van der Waals surface area (Å²) in [6.07, 6.45) is 0.876. The molecule has 0 aliphatic heterocycles. The third-order valence-electron chi connectivity index (χ3n) is 1.86. The summed E-state index contributed by atoms with van der Waals surface area (Å²) >= 11 is 5.73. The van der Waals surface area contributed by atoms with Gasteiger partial charge >= 0.3 is 0 Å². The van der Waals surface area contributed by atoms with Crippen LogP contribution >= 0.6 is 11.6 Å². The van der Waals surface area contributed by atoms with Gasteiger partial charge in [-0.2, -0.15) is 0 Å². The molecule has 3 heteroatoms. The smallest absolute Gasteiger partial charge is 0.138 e. The molecule has 1 aromatic rings. The fourth-order valence-electron chi connectivity index (χ4n) is 1.26. The van der Waals surface area contributed by atoms with Gasteiger partial charge in [-0.1, -0.05) is 23.7 Å². The van der Waals surface area contributed by atoms with Gasteiger partial charge in [0.05, 0.1) is 0 Å². The molecule has 1 aromatic carbocycles. The second-order valence-corrected chi connectivity index (χ2v) is 3.96. The zero-order valence-electron chi connectivity index (χ0n) is 8.16. The Balaban J connectivity index is 2.52. The molecule has 0 amide bonds. The van der Waals surface area contributed by atoms with Gasteiger partial charge in [0.15, 0.2) is 0 Å². The second-order valence-electron chi connectivity index (χ2n) is 3.52. The van der Waals surface area contributed by atoms with E-state index in [9.17, 15) is 4.79 Å². The van der Waals surface area contributed by atoms with Crippen LogP contribution in [0.5, 0.6) is 0 Å². The minimum Gasteiger partial charge on any atom is -0.328 e. The molecule has 0 aliphatic carbocycles. The summed E-state index contributed by atoms with van der Waals surface area (Å²) in [5.74, 6) is 0.169. The number of carbonyl (C=O) groups excluding carboxylic acids is 1. The molecule has 76 valence electrons. The van der Waals surface area contributed by atoms with Crippen LogP contribution in [-0.4, -0.2) is 11.8 Å². The highest BCUT2D eigenvalue weighted by Gasteiger charge is 2.06. The lowest BCUT2D eigenvalue weighted by atomic mass is 10.0. The predicted octanol–water partition coefficient (Wildman–Crippen LogP) is 2.19. The average Bonchev–Trinajstić information content (AvgIpc) is 2.07. The summed E-state index contributed by atoms with van der Waals surface area (Å²) in [5, 5.41) is 0.688. The maximum atomic E-state index is 11.4. The highest BCUT2D eigenvalue weighted by Crippen LogP contribution is 2.10. The average molecular weight is 212 g/mol. The van der Waals surface area contributed by atoms with Crippen LogP contribution < -0.4 is 5.73 Å². The number of ketones is 1. The first kappa shape index (κ1) is 11.2. The summed E-state index contributed by atoms with van der Waals surface area (Å²) in [5.41, 5.74) is 6.52. The molecule has 0 aliphatic rings. The first-order chi connectivity index (χ1) is 6.58. The van der Waals surface area contributed by atoms with Crippen molar-refractivity contribution in [3.63, 3.8) is 0 Å². The molecule has 0 fully saturated rings. The zero-order chi connectivity index (χ0) is 10.6. The summed E-state index contributed by atoms with van der Waals surface area (Å²) in [7, 11) is 0. The maximum Gasteiger partial charge on any atom is 0.138 e. The fraction of sp³-hybridized carbons (Fsp3) is 0.364. The minimum absolute atomic E-state index is 0.0604. The van der Waals surface area contributed by atoms with Crippen molar-refractivity contribution in [1.82, 2.24) is 0 Å². The third kappa shape index (κ3) is 3.90. The van der Waals surface area contributed by atoms with Gasteiger partial charge in [0, 0.05) is 23.9 Å². The Morgan fingerprint density at radius 1 is 1.43 bits per heavy atom. The van der Waals surface area contributed by atoms with Crippen molar-refractivity contribution in [3.8, 4) is 0 Å². The van der Waals surface area contributed by atoms with Crippen molar-refractivity contribution in [3.05, 3.63) is 34.9 Å². The number of hydrogen-bond acceptors (Lipinski definition) is 2. The molecule has 1 rings (SSSR count). The van der Waals surface area contributed by atoms with Gasteiger partial charge in [0.1, 0.15) is 5.78 Å². The van der Waals surface area contributed by atoms with E-state index in [1.807, 2.05) is 19.1 Å². The summed E-state index contributed by atoms with van der Waals surface area (Å²) in [6, 6.07) is 7.24. The molecule has 0 radical (unpaired) electrons. The van der Waals surface area contributed by atoms with Gasteiger partial charge in [0.2, 0.25) is 0 Å². The number of halogens is 1. The number of nitrogens with two attached hydrogens (primary N) is 1. The highest BCUT2D eigenvalue weighted by atomic mass is 35.5. The number of Topliss-reactive ketones (excluding diaryl/α,β-unsaturated/α-hetero) is 1. The molecule has 0 saturated heterocycles. The molecule has 2 N–H and O–H groups in total. The molecule has 0 spiro atoms. The van der Waals surface area contributed by atoms with E-state index in [1.165, 1.54) is 0 Å². The largest absolute Gasteiger partial charge is 0.328 e. The van der Waals surface area contributed by atoms with E-state index in [1.54, 1.807) is 12.1 Å². The molecule has 0 saturated carbocycles. The minimum atomic E-state index is -0.0604. The van der Waals surface area contributed by atoms with Crippen LogP contribution in [0.4, 0.5) is 0 Å². The monoisotopic (exact) mass is 211 g/mol. The zero-order valence-corrected chi connectivity index (χ0v) is 8.92. The number of hydrogen-bond donors (Lipinski definition) is 1. The van der Waals surface area contributed by atoms with Crippen LogP contribution in [0.3, 0.4) is 0 Å². The van der Waals surface area contributed by atoms with Gasteiger partial charge in [-0.3, -0.25) is 4.79 Å². The van der Waals surface area contributed by atoms with Gasteiger partial charge in [0.25, 0.3) is 0 Å². The Bertz CT molecular complexity index is 306. The van der Waals surface area contributed by atoms with Crippen molar-refractivity contribution in [1.29, 1.82) is 0 Å². The molecule has 1 atom stereocenters. The molecule has 0 aromatic heterocycles. The molecule has 0 bridgehead atoms. The van der Waals surface area contributed by atoms with Crippen molar-refractivity contribution >= 4 is 17.4 Å². The van der Waals surface area contributed by atoms with E-state index in [0.29, 0.717) is 17.9 Å². The fourth-order valence-corrected chi connectivity index (χ4v) is 1.39. The summed E-state index contributed by atoms with van der Waals surface area (Å²) in [6.45, 7) is 1.83. The Hall–Kier alpha value is -0.860. The van der Waals surface area contributed by atoms with Crippen molar-refractivity contribution in [2.75, 3.05) is 0 Å². The maximum absolute atomic E-state index is 11.4. The SMILES string of the molecule is CC(N)CC(=O)Cc1ccc(Cl)cc1. The van der Waals surface area contributed by atoms with E-state index in [2.05, 4.69) is 0 Å². The summed E-state index contributed by atoms with van der Waals surface area (Å²) in [4.78, 5) is 11.4. The molecule has 2 nitrogen and oxygen atoms in total. The van der Waals surface area contributed by atoms with Crippen molar-refractivity contribution in [2.24, 2.45) is 5.73 Å². The Labute approximate surface area is 89.1 Å². The van der Waals surface area contributed by atoms with Crippen LogP contribution in [0.15, 0.2) is 24.3 Å². The lowest BCUT2D eigenvalue weighted by molar-refractivity contribution is -0.118. The normalized spacial score (nSPS) is 12.5. The van der Waals surface area contributed by atoms with Gasteiger partial charge < -0.3 is 5.73 Å². The van der Waals surface area contributed by atoms with Gasteiger partial charge in [-0.25, -0.2) is 0 Å². The first-order valence-corrected chi connectivity index (χ1v) is 4.97. The van der Waals surface area contributed by atoms with Crippen molar-refractivity contribution in [2.45, 2.75) is 25.8 Å². The summed E-state index contributed by atoms with van der Waals surface area (Å²) < 4.78 is 0. The second kappa shape index (κ2) is 5.13. The lowest BCUT2D eigenvalue weighted by Gasteiger charge is -2.04. The van der Waals surface area contributed by atoms with Gasteiger partial charge in [-0.05, 0) is 24.6 Å². The molecule has 14 heavy (non-hydrogen) atoms. The van der Waals surface area contributed by atoms with Gasteiger partial charge in [-0.15, -0.1) is 0 Å². The topological polar surface area (TPSA) is 43.1 Å². The standard InChI is InChI=1S/C11H14ClNO/c1-8(13)6-11(14)7-9-2-4-10(12)5-3-9/h2-5,8H,6-7,13H2,1H3. The van der Waals surface area contributed by atoms with Crippen LogP contribution in [0.1, 0.15) is 18.9 Å². The molecular weight excluding hydrogens is 198 g/mol.